The molecule has 1 aromatic carbocycles. The average molecular weight is 381 g/mol. The maximum absolute atomic E-state index is 11.6. The van der Waals surface area contributed by atoms with Gasteiger partial charge >= 0.3 is 0 Å². The zero-order chi connectivity index (χ0) is 16.9. The molecule has 0 aliphatic heterocycles. The van der Waals surface area contributed by atoms with Gasteiger partial charge in [-0.2, -0.15) is 0 Å². The second kappa shape index (κ2) is 7.81. The van der Waals surface area contributed by atoms with Crippen LogP contribution in [0, 0.1) is 0 Å². The van der Waals surface area contributed by atoms with Gasteiger partial charge in [0, 0.05) is 50.5 Å². The molecule has 2 N–H and O–H groups in total. The largest absolute Gasteiger partial charge is 0.356 e. The normalized spacial score (nSPS) is 15.9. The van der Waals surface area contributed by atoms with Crippen molar-refractivity contribution in [2.24, 2.45) is 4.99 Å². The highest BCUT2D eigenvalue weighted by Gasteiger charge is 2.44. The van der Waals surface area contributed by atoms with Crippen LogP contribution in [0.3, 0.4) is 0 Å². The van der Waals surface area contributed by atoms with E-state index in [0.29, 0.717) is 13.0 Å². The lowest BCUT2D eigenvalue weighted by Gasteiger charge is -2.19. The van der Waals surface area contributed by atoms with Gasteiger partial charge in [0.05, 0.1) is 0 Å². The molecule has 1 aromatic rings. The van der Waals surface area contributed by atoms with Crippen molar-refractivity contribution < 1.29 is 4.79 Å². The molecule has 1 amide bonds. The quantitative estimate of drug-likeness (QED) is 0.586. The van der Waals surface area contributed by atoms with Crippen LogP contribution in [0.1, 0.15) is 24.8 Å². The monoisotopic (exact) mass is 380 g/mol. The van der Waals surface area contributed by atoms with E-state index in [2.05, 4.69) is 55.8 Å². The fourth-order valence-electron chi connectivity index (χ4n) is 2.52. The van der Waals surface area contributed by atoms with Gasteiger partial charge in [-0.25, -0.2) is 0 Å². The fourth-order valence-corrected chi connectivity index (χ4v) is 2.92. The van der Waals surface area contributed by atoms with Crippen molar-refractivity contribution in [2.45, 2.75) is 24.7 Å². The van der Waals surface area contributed by atoms with Crippen LogP contribution in [0.2, 0.25) is 0 Å². The molecule has 1 aliphatic rings. The van der Waals surface area contributed by atoms with E-state index in [1.54, 1.807) is 26.0 Å². The summed E-state index contributed by atoms with van der Waals surface area (Å²) >= 11 is 3.54. The molecule has 1 fully saturated rings. The number of nitrogens with one attached hydrogen (secondary N) is 2. The van der Waals surface area contributed by atoms with Crippen molar-refractivity contribution in [1.82, 2.24) is 15.5 Å². The van der Waals surface area contributed by atoms with Crippen LogP contribution in [0.15, 0.2) is 33.7 Å². The van der Waals surface area contributed by atoms with Gasteiger partial charge in [-0.05, 0) is 30.5 Å². The number of hydrogen-bond acceptors (Lipinski definition) is 2. The summed E-state index contributed by atoms with van der Waals surface area (Å²) in [5.74, 6) is 0.860. The van der Waals surface area contributed by atoms with E-state index >= 15 is 0 Å². The summed E-state index contributed by atoms with van der Waals surface area (Å²) in [6.07, 6.45) is 2.84. The van der Waals surface area contributed by atoms with Gasteiger partial charge in [0.15, 0.2) is 5.96 Å². The molecular weight excluding hydrogens is 356 g/mol. The van der Waals surface area contributed by atoms with E-state index in [4.69, 9.17) is 0 Å². The number of guanidine groups is 1. The number of carbonyl (C=O) groups is 1. The third-order valence-electron chi connectivity index (χ3n) is 4.24. The molecule has 0 spiro atoms. The molecule has 1 saturated carbocycles. The van der Waals surface area contributed by atoms with Crippen LogP contribution >= 0.6 is 15.9 Å². The summed E-state index contributed by atoms with van der Waals surface area (Å²) in [4.78, 5) is 17.4. The molecule has 0 aromatic heterocycles. The lowest BCUT2D eigenvalue weighted by Crippen LogP contribution is -2.42. The van der Waals surface area contributed by atoms with Crippen molar-refractivity contribution in [3.8, 4) is 0 Å². The number of rotatable bonds is 6. The minimum atomic E-state index is 0.112. The Kier molecular flexibility index (Phi) is 6.04. The molecular formula is C17H25BrN4O. The van der Waals surface area contributed by atoms with E-state index in [1.807, 2.05) is 0 Å². The predicted octanol–water partition coefficient (Wildman–Crippen LogP) is 2.12. The van der Waals surface area contributed by atoms with Crippen molar-refractivity contribution >= 4 is 27.8 Å². The van der Waals surface area contributed by atoms with Crippen molar-refractivity contribution in [3.05, 3.63) is 34.3 Å². The topological polar surface area (TPSA) is 56.7 Å². The highest BCUT2D eigenvalue weighted by atomic mass is 79.9. The third-order valence-corrected chi connectivity index (χ3v) is 4.73. The zero-order valence-corrected chi connectivity index (χ0v) is 15.6. The van der Waals surface area contributed by atoms with E-state index in [9.17, 15) is 4.79 Å². The molecule has 0 unspecified atom stereocenters. The van der Waals surface area contributed by atoms with Crippen LogP contribution in [0.25, 0.3) is 0 Å². The minimum Gasteiger partial charge on any atom is -0.356 e. The number of benzene rings is 1. The molecule has 0 radical (unpaired) electrons. The first kappa shape index (κ1) is 17.8. The third kappa shape index (κ3) is 4.96. The second-order valence-corrected chi connectivity index (χ2v) is 7.10. The number of carbonyl (C=O) groups excluding carboxylic acids is 1. The molecule has 6 heteroatoms. The highest BCUT2D eigenvalue weighted by molar-refractivity contribution is 9.10. The van der Waals surface area contributed by atoms with E-state index in [0.717, 1.165) is 17.0 Å². The average Bonchev–Trinajstić information content (AvgIpc) is 3.31. The van der Waals surface area contributed by atoms with Gasteiger partial charge < -0.3 is 15.5 Å². The van der Waals surface area contributed by atoms with Gasteiger partial charge in [0.2, 0.25) is 5.91 Å². The molecule has 23 heavy (non-hydrogen) atoms. The molecule has 0 saturated heterocycles. The number of hydrogen-bond donors (Lipinski definition) is 2. The number of aliphatic imine (C=N–C) groups is 1. The lowest BCUT2D eigenvalue weighted by atomic mass is 9.96. The molecule has 5 nitrogen and oxygen atoms in total. The Morgan fingerprint density at radius 3 is 2.65 bits per heavy atom. The van der Waals surface area contributed by atoms with Crippen LogP contribution in [0.5, 0.6) is 0 Å². The Hall–Kier alpha value is -1.56. The van der Waals surface area contributed by atoms with Crippen molar-refractivity contribution in [2.75, 3.05) is 34.2 Å². The maximum atomic E-state index is 11.6. The van der Waals surface area contributed by atoms with E-state index in [1.165, 1.54) is 18.4 Å². The van der Waals surface area contributed by atoms with Gasteiger partial charge in [0.25, 0.3) is 0 Å². The van der Waals surface area contributed by atoms with E-state index < -0.39 is 0 Å². The standard InChI is InChI=1S/C17H25BrN4O/c1-19-16(20-10-7-15(23)22(2)3)21-12-17(8-9-17)13-5-4-6-14(18)11-13/h4-6,11H,7-10,12H2,1-3H3,(H2,19,20,21). The maximum Gasteiger partial charge on any atom is 0.223 e. The van der Waals surface area contributed by atoms with E-state index in [-0.39, 0.29) is 11.3 Å². The molecule has 0 bridgehead atoms. The zero-order valence-electron chi connectivity index (χ0n) is 14.0. The first-order valence-corrected chi connectivity index (χ1v) is 8.67. The van der Waals surface area contributed by atoms with Gasteiger partial charge in [-0.15, -0.1) is 0 Å². The summed E-state index contributed by atoms with van der Waals surface area (Å²) < 4.78 is 1.12. The van der Waals surface area contributed by atoms with Gasteiger partial charge in [-0.3, -0.25) is 9.79 Å². The Bertz CT molecular complexity index is 582. The molecule has 0 heterocycles. The van der Waals surface area contributed by atoms with Crippen LogP contribution in [0.4, 0.5) is 0 Å². The molecule has 0 atom stereocenters. The fraction of sp³-hybridized carbons (Fsp3) is 0.529. The van der Waals surface area contributed by atoms with Crippen molar-refractivity contribution in [1.29, 1.82) is 0 Å². The second-order valence-electron chi connectivity index (χ2n) is 6.18. The summed E-state index contributed by atoms with van der Waals surface area (Å²) in [5, 5.41) is 6.59. The Balaban J connectivity index is 1.83. The van der Waals surface area contributed by atoms with Crippen LogP contribution in [-0.4, -0.2) is 51.0 Å². The summed E-state index contributed by atoms with van der Waals surface area (Å²) in [6.45, 7) is 1.44. The Morgan fingerprint density at radius 2 is 2.09 bits per heavy atom. The first-order valence-electron chi connectivity index (χ1n) is 7.87. The Labute approximate surface area is 146 Å². The van der Waals surface area contributed by atoms with Crippen molar-refractivity contribution in [3.63, 3.8) is 0 Å². The van der Waals surface area contributed by atoms with Crippen LogP contribution < -0.4 is 10.6 Å². The highest BCUT2D eigenvalue weighted by Crippen LogP contribution is 2.48. The number of amides is 1. The number of nitrogens with zero attached hydrogens (tertiary/aromatic N) is 2. The minimum absolute atomic E-state index is 0.112. The summed E-state index contributed by atoms with van der Waals surface area (Å²) in [6, 6.07) is 8.51. The smallest absolute Gasteiger partial charge is 0.223 e. The molecule has 126 valence electrons. The van der Waals surface area contributed by atoms with Crippen LogP contribution in [-0.2, 0) is 10.2 Å². The number of halogens is 1. The molecule has 2 rings (SSSR count). The SMILES string of the molecule is CN=C(NCCC(=O)N(C)C)NCC1(c2cccc(Br)c2)CC1. The summed E-state index contributed by atoms with van der Waals surface area (Å²) in [7, 11) is 5.29. The Morgan fingerprint density at radius 1 is 1.35 bits per heavy atom. The van der Waals surface area contributed by atoms with Gasteiger partial charge in [-0.1, -0.05) is 28.1 Å². The first-order chi connectivity index (χ1) is 11.0. The lowest BCUT2D eigenvalue weighted by molar-refractivity contribution is -0.128. The summed E-state index contributed by atoms with van der Waals surface area (Å²) in [5.41, 5.74) is 1.57. The van der Waals surface area contributed by atoms with Gasteiger partial charge in [0.1, 0.15) is 0 Å². The predicted molar refractivity (Wildman–Crippen MR) is 97.7 cm³/mol. The molecule has 1 aliphatic carbocycles.